The van der Waals surface area contributed by atoms with Crippen LogP contribution in [0, 0.1) is 0 Å². The molecule has 0 atom stereocenters. The molecule has 1 radical (unpaired) electrons. The molecule has 0 saturated carbocycles. The van der Waals surface area contributed by atoms with Gasteiger partial charge in [0.25, 0.3) is 0 Å². The molecule has 0 aliphatic heterocycles. The Morgan fingerprint density at radius 1 is 1.00 bits per heavy atom. The van der Waals surface area contributed by atoms with Gasteiger partial charge in [0.1, 0.15) is 0 Å². The molecule has 0 unspecified atom stereocenters. The van der Waals surface area contributed by atoms with E-state index in [9.17, 15) is 0 Å². The maximum atomic E-state index is 0. The van der Waals surface area contributed by atoms with Crippen LogP contribution in [0.4, 0.5) is 0 Å². The van der Waals surface area contributed by atoms with Crippen molar-refractivity contribution >= 4 is 17.4 Å². The molecule has 0 bridgehead atoms. The molecule has 0 aromatic rings. The molecule has 0 rings (SSSR count). The topological polar surface area (TPSA) is 0 Å². The Hall–Kier alpha value is 2.30. The van der Waals surface area contributed by atoms with Gasteiger partial charge in [0.2, 0.25) is 0 Å². The zero-order chi connectivity index (χ0) is 0. The van der Waals surface area contributed by atoms with Gasteiger partial charge in [0, 0.05) is 56.2 Å². The van der Waals surface area contributed by atoms with Gasteiger partial charge >= 0.3 is 0 Å². The molecule has 0 aliphatic carbocycles. The van der Waals surface area contributed by atoms with Crippen LogP contribution in [0.15, 0.2) is 0 Å². The summed E-state index contributed by atoms with van der Waals surface area (Å²) in [6.07, 6.45) is 0. The Kier molecular flexibility index (Phi) is 155. The first-order valence-corrected chi connectivity index (χ1v) is 0. The molecule has 33 valence electrons. The maximum absolute atomic E-state index is 0. The van der Waals surface area contributed by atoms with Crippen LogP contribution < -0.4 is 0 Å². The molecule has 0 nitrogen and oxygen atoms in total. The Labute approximate surface area is 72.8 Å². The smallest absolute Gasteiger partial charge is 0 e. The Morgan fingerprint density at radius 3 is 1.00 bits per heavy atom. The fraction of sp³-hybridized carbons (Fsp3) is 0. The van der Waals surface area contributed by atoms with Crippen molar-refractivity contribution in [2.75, 3.05) is 0 Å². The van der Waals surface area contributed by atoms with Crippen LogP contribution in [0.1, 0.15) is 0 Å². The normalized spacial score (nSPS) is 0. The van der Waals surface area contributed by atoms with Crippen LogP contribution >= 0.6 is 0 Å². The fourth-order valence-electron chi connectivity index (χ4n) is 0. The summed E-state index contributed by atoms with van der Waals surface area (Å²) < 4.78 is 0. The van der Waals surface area contributed by atoms with Gasteiger partial charge in [-0.1, -0.05) is 0 Å². The number of hydrogen-bond acceptors (Lipinski definition) is 0. The van der Waals surface area contributed by atoms with E-state index in [1.54, 1.807) is 0 Å². The van der Waals surface area contributed by atoms with Crippen LogP contribution in [0.2, 0.25) is 0 Å². The van der Waals surface area contributed by atoms with Crippen molar-refractivity contribution in [1.29, 1.82) is 0 Å². The summed E-state index contributed by atoms with van der Waals surface area (Å²) in [5.41, 5.74) is 0. The second kappa shape index (κ2) is 18.5. The maximum Gasteiger partial charge on any atom is 0.187 e. The second-order valence-corrected chi connectivity index (χ2v) is 0. The van der Waals surface area contributed by atoms with E-state index < -0.39 is 0 Å². The van der Waals surface area contributed by atoms with E-state index in [1.165, 1.54) is 0 Å². The predicted molar refractivity (Wildman–Crippen MR) is 9.94 cm³/mol. The summed E-state index contributed by atoms with van der Waals surface area (Å²) in [4.78, 5) is 0. The minimum absolute atomic E-state index is 0. The standard InChI is InChI=1S/Ag.Al.Cr.Ni.3H. The van der Waals surface area contributed by atoms with Crippen LogP contribution in [0.25, 0.3) is 0 Å². The number of hydrogen-bond donors (Lipinski definition) is 0. The molecule has 0 heterocycles. The van der Waals surface area contributed by atoms with Gasteiger partial charge in [-0.15, -0.1) is 0 Å². The quantitative estimate of drug-likeness (QED) is 0.473. The van der Waals surface area contributed by atoms with Crippen molar-refractivity contribution in [2.24, 2.45) is 0 Å². The third-order valence-corrected chi connectivity index (χ3v) is 0. The van der Waals surface area contributed by atoms with Crippen molar-refractivity contribution < 1.29 is 56.2 Å². The van der Waals surface area contributed by atoms with Crippen molar-refractivity contribution in [2.45, 2.75) is 0 Å². The molecular weight excluding hydrogens is 246 g/mol. The summed E-state index contributed by atoms with van der Waals surface area (Å²) in [6.45, 7) is 0. The van der Waals surface area contributed by atoms with Gasteiger partial charge in [-0.25, -0.2) is 0 Å². The van der Waals surface area contributed by atoms with Gasteiger partial charge in [-0.3, -0.25) is 0 Å². The van der Waals surface area contributed by atoms with Crippen LogP contribution in [-0.4, -0.2) is 17.4 Å². The third kappa shape index (κ3) is 8.85. The van der Waals surface area contributed by atoms with Crippen LogP contribution in [0.5, 0.6) is 0 Å². The van der Waals surface area contributed by atoms with Crippen molar-refractivity contribution in [3.63, 3.8) is 0 Å². The molecule has 4 heavy (non-hydrogen) atoms. The van der Waals surface area contributed by atoms with Gasteiger partial charge in [0.15, 0.2) is 17.4 Å². The minimum atomic E-state index is 0. The number of rotatable bonds is 0. The van der Waals surface area contributed by atoms with Gasteiger partial charge in [-0.05, 0) is 0 Å². The molecular formula is H3AgAlCrNi. The third-order valence-electron chi connectivity index (χ3n) is 0. The molecule has 0 fully saturated rings. The first kappa shape index (κ1) is 33.5. The second-order valence-electron chi connectivity index (χ2n) is 0. The summed E-state index contributed by atoms with van der Waals surface area (Å²) in [6, 6.07) is 0. The Balaban J connectivity index is 0. The van der Waals surface area contributed by atoms with E-state index in [2.05, 4.69) is 0 Å². The molecule has 0 aliphatic rings. The van der Waals surface area contributed by atoms with E-state index in [4.69, 9.17) is 0 Å². The molecule has 4 heteroatoms. The van der Waals surface area contributed by atoms with Crippen LogP contribution in [-0.2, 0) is 56.2 Å². The first-order chi connectivity index (χ1) is 0. The fourth-order valence-corrected chi connectivity index (χ4v) is 0. The molecule has 0 saturated heterocycles. The summed E-state index contributed by atoms with van der Waals surface area (Å²) in [5, 5.41) is 0. The Bertz CT molecular complexity index is 8.00. The van der Waals surface area contributed by atoms with Crippen molar-refractivity contribution in [3.8, 4) is 0 Å². The van der Waals surface area contributed by atoms with Gasteiger partial charge < -0.3 is 0 Å². The monoisotopic (exact) mass is 247 g/mol. The molecule has 0 amide bonds. The van der Waals surface area contributed by atoms with E-state index in [1.807, 2.05) is 0 Å². The minimum Gasteiger partial charge on any atom is 0 e. The average molecular weight is 249 g/mol. The predicted octanol–water partition coefficient (Wildman–Crippen LogP) is -1.19. The van der Waals surface area contributed by atoms with E-state index >= 15 is 0 Å². The zero-order valence-electron chi connectivity index (χ0n) is 1.03. The zero-order valence-corrected chi connectivity index (χ0v) is 4.77. The molecule has 0 N–H and O–H groups in total. The average Bonchev–Trinajstić information content (AvgIpc) is 0. The van der Waals surface area contributed by atoms with E-state index in [0.29, 0.717) is 0 Å². The van der Waals surface area contributed by atoms with Crippen LogP contribution in [0.3, 0.4) is 0 Å². The summed E-state index contributed by atoms with van der Waals surface area (Å²) >= 11 is 0. The van der Waals surface area contributed by atoms with E-state index in [0.717, 1.165) is 0 Å². The van der Waals surface area contributed by atoms with E-state index in [-0.39, 0.29) is 73.6 Å². The molecule has 0 aromatic heterocycles. The van der Waals surface area contributed by atoms with Gasteiger partial charge in [-0.2, -0.15) is 0 Å². The largest absolute Gasteiger partial charge is 0.187 e. The Morgan fingerprint density at radius 2 is 1.00 bits per heavy atom. The van der Waals surface area contributed by atoms with Gasteiger partial charge in [0.05, 0.1) is 0 Å². The van der Waals surface area contributed by atoms with Crippen molar-refractivity contribution in [1.82, 2.24) is 0 Å². The first-order valence-electron chi connectivity index (χ1n) is 0. The van der Waals surface area contributed by atoms with Crippen molar-refractivity contribution in [3.05, 3.63) is 0 Å². The molecule has 0 spiro atoms. The molecule has 0 aromatic carbocycles. The summed E-state index contributed by atoms with van der Waals surface area (Å²) in [7, 11) is 0. The SMILES string of the molecule is [Ag].[AlH3].[Cr].[Ni]. The summed E-state index contributed by atoms with van der Waals surface area (Å²) in [5.74, 6) is 0.